The Morgan fingerprint density at radius 2 is 2.00 bits per heavy atom. The number of aryl methyl sites for hydroxylation is 1. The highest BCUT2D eigenvalue weighted by molar-refractivity contribution is 5.78. The highest BCUT2D eigenvalue weighted by Crippen LogP contribution is 2.44. The van der Waals surface area contributed by atoms with E-state index in [4.69, 9.17) is 18.9 Å². The van der Waals surface area contributed by atoms with Crippen LogP contribution in [0.15, 0.2) is 18.6 Å². The normalized spacial score (nSPS) is 33.5. The van der Waals surface area contributed by atoms with Gasteiger partial charge in [-0.2, -0.15) is 0 Å². The summed E-state index contributed by atoms with van der Waals surface area (Å²) >= 11 is 0. The van der Waals surface area contributed by atoms with Gasteiger partial charge in [0, 0.05) is 18.7 Å². The van der Waals surface area contributed by atoms with Gasteiger partial charge in [0.2, 0.25) is 0 Å². The van der Waals surface area contributed by atoms with Crippen molar-refractivity contribution in [1.82, 2.24) is 14.5 Å². The average Bonchev–Trinajstić information content (AvgIpc) is 3.10. The van der Waals surface area contributed by atoms with Crippen molar-refractivity contribution in [2.24, 2.45) is 0 Å². The maximum atomic E-state index is 6.03. The van der Waals surface area contributed by atoms with E-state index in [2.05, 4.69) is 9.97 Å². The summed E-state index contributed by atoms with van der Waals surface area (Å²) in [5, 5.41) is 1.00. The summed E-state index contributed by atoms with van der Waals surface area (Å²) in [7, 11) is 1.61. The molecule has 118 valence electrons. The Labute approximate surface area is 128 Å². The maximum Gasteiger partial charge on any atom is 0.188 e. The average molecular weight is 305 g/mol. The molecule has 2 saturated heterocycles. The molecule has 0 spiro atoms. The molecule has 0 radical (unpaired) electrons. The molecule has 0 bridgehead atoms. The van der Waals surface area contributed by atoms with Crippen LogP contribution in [-0.4, -0.2) is 45.9 Å². The molecule has 2 aromatic rings. The molecule has 0 amide bonds. The molecule has 22 heavy (non-hydrogen) atoms. The van der Waals surface area contributed by atoms with E-state index in [0.717, 1.165) is 16.7 Å². The zero-order valence-corrected chi connectivity index (χ0v) is 13.0. The van der Waals surface area contributed by atoms with E-state index in [-0.39, 0.29) is 18.4 Å². The van der Waals surface area contributed by atoms with Crippen LogP contribution in [0.1, 0.15) is 25.8 Å². The zero-order valence-electron chi connectivity index (χ0n) is 13.0. The van der Waals surface area contributed by atoms with Gasteiger partial charge in [-0.1, -0.05) is 0 Å². The molecule has 0 unspecified atom stereocenters. The van der Waals surface area contributed by atoms with Crippen LogP contribution in [0.25, 0.3) is 11.0 Å². The Morgan fingerprint density at radius 1 is 1.23 bits per heavy atom. The van der Waals surface area contributed by atoms with E-state index in [1.807, 2.05) is 37.6 Å². The molecule has 4 heterocycles. The van der Waals surface area contributed by atoms with Crippen molar-refractivity contribution < 1.29 is 18.9 Å². The first kappa shape index (κ1) is 14.1. The molecule has 0 aromatic carbocycles. The molecule has 0 saturated carbocycles. The molecule has 7 heteroatoms. The lowest BCUT2D eigenvalue weighted by atomic mass is 10.2. The molecule has 4 rings (SSSR count). The number of fused-ring (bicyclic) bond motifs is 2. The van der Waals surface area contributed by atoms with Gasteiger partial charge in [0.05, 0.1) is 5.69 Å². The van der Waals surface area contributed by atoms with Gasteiger partial charge < -0.3 is 23.5 Å². The molecule has 2 aliphatic rings. The predicted octanol–water partition coefficient (Wildman–Crippen LogP) is 1.76. The highest BCUT2D eigenvalue weighted by Gasteiger charge is 2.56. The van der Waals surface area contributed by atoms with Crippen molar-refractivity contribution in [3.05, 3.63) is 24.3 Å². The van der Waals surface area contributed by atoms with Gasteiger partial charge in [0.1, 0.15) is 24.2 Å². The summed E-state index contributed by atoms with van der Waals surface area (Å²) < 4.78 is 25.3. The van der Waals surface area contributed by atoms with E-state index in [1.54, 1.807) is 13.4 Å². The zero-order chi connectivity index (χ0) is 15.5. The van der Waals surface area contributed by atoms with Crippen molar-refractivity contribution in [2.45, 2.75) is 51.3 Å². The van der Waals surface area contributed by atoms with Crippen molar-refractivity contribution in [3.63, 3.8) is 0 Å². The fraction of sp³-hybridized carbons (Fsp3) is 0.600. The van der Waals surface area contributed by atoms with Crippen LogP contribution in [0.5, 0.6) is 0 Å². The first-order valence-electron chi connectivity index (χ1n) is 7.32. The molecule has 2 aromatic heterocycles. The molecule has 0 N–H and O–H groups in total. The second-order valence-electron chi connectivity index (χ2n) is 6.11. The van der Waals surface area contributed by atoms with Crippen molar-refractivity contribution in [1.29, 1.82) is 0 Å². The summed E-state index contributed by atoms with van der Waals surface area (Å²) in [6.45, 7) is 5.76. The number of rotatable bonds is 2. The van der Waals surface area contributed by atoms with Gasteiger partial charge in [-0.15, -0.1) is 0 Å². The Hall–Kier alpha value is -1.54. The standard InChI is InChI=1S/C15H19N3O4/c1-8-9-5-6-18(12(9)17-7-16-8)13-10-11(14(19-4)20-13)22-15(2,3)21-10/h5-7,10-11,13-14H,1-4H3/t10-,11+,13-,14-/m1/s1. The minimum Gasteiger partial charge on any atom is -0.353 e. The fourth-order valence-electron chi connectivity index (χ4n) is 3.26. The fourth-order valence-corrected chi connectivity index (χ4v) is 3.26. The van der Waals surface area contributed by atoms with Crippen molar-refractivity contribution >= 4 is 11.0 Å². The van der Waals surface area contributed by atoms with E-state index >= 15 is 0 Å². The summed E-state index contributed by atoms with van der Waals surface area (Å²) in [6.07, 6.45) is 2.20. The second kappa shape index (κ2) is 4.73. The predicted molar refractivity (Wildman–Crippen MR) is 77.0 cm³/mol. The van der Waals surface area contributed by atoms with E-state index in [0.29, 0.717) is 0 Å². The summed E-state index contributed by atoms with van der Waals surface area (Å²) in [6, 6.07) is 1.99. The van der Waals surface area contributed by atoms with Crippen molar-refractivity contribution in [3.8, 4) is 0 Å². The smallest absolute Gasteiger partial charge is 0.188 e. The van der Waals surface area contributed by atoms with Crippen LogP contribution in [0.4, 0.5) is 0 Å². The monoisotopic (exact) mass is 305 g/mol. The Balaban J connectivity index is 1.77. The van der Waals surface area contributed by atoms with Gasteiger partial charge in [0.15, 0.2) is 18.3 Å². The van der Waals surface area contributed by atoms with Gasteiger partial charge in [0.25, 0.3) is 0 Å². The first-order chi connectivity index (χ1) is 10.5. The third-order valence-corrected chi connectivity index (χ3v) is 4.20. The van der Waals surface area contributed by atoms with Gasteiger partial charge in [-0.3, -0.25) is 0 Å². The quantitative estimate of drug-likeness (QED) is 0.842. The number of aromatic nitrogens is 3. The topological polar surface area (TPSA) is 67.6 Å². The Bertz CT molecular complexity index is 714. The second-order valence-corrected chi connectivity index (χ2v) is 6.11. The van der Waals surface area contributed by atoms with Gasteiger partial charge in [-0.05, 0) is 26.8 Å². The molecule has 2 fully saturated rings. The summed E-state index contributed by atoms with van der Waals surface area (Å²) in [5.41, 5.74) is 1.76. The first-order valence-corrected chi connectivity index (χ1v) is 7.32. The Morgan fingerprint density at radius 3 is 2.77 bits per heavy atom. The molecule has 7 nitrogen and oxygen atoms in total. The third kappa shape index (κ3) is 1.97. The summed E-state index contributed by atoms with van der Waals surface area (Å²) in [5.74, 6) is -0.651. The molecule has 2 aliphatic heterocycles. The molecular formula is C15H19N3O4. The third-order valence-electron chi connectivity index (χ3n) is 4.20. The number of ether oxygens (including phenoxy) is 4. The molecular weight excluding hydrogens is 286 g/mol. The lowest BCUT2D eigenvalue weighted by Crippen LogP contribution is -2.30. The minimum atomic E-state index is -0.651. The molecule has 0 aliphatic carbocycles. The van der Waals surface area contributed by atoms with Crippen LogP contribution in [0.3, 0.4) is 0 Å². The van der Waals surface area contributed by atoms with E-state index < -0.39 is 12.1 Å². The minimum absolute atomic E-state index is 0.245. The van der Waals surface area contributed by atoms with Crippen LogP contribution < -0.4 is 0 Å². The van der Waals surface area contributed by atoms with Gasteiger partial charge >= 0.3 is 0 Å². The largest absolute Gasteiger partial charge is 0.353 e. The van der Waals surface area contributed by atoms with Gasteiger partial charge in [-0.25, -0.2) is 9.97 Å². The maximum absolute atomic E-state index is 6.03. The SMILES string of the molecule is CO[C@@H]1O[C@@H](n2ccc3c(C)ncnc32)[C@@H]2OC(C)(C)O[C@H]12. The van der Waals surface area contributed by atoms with Crippen molar-refractivity contribution in [2.75, 3.05) is 7.11 Å². The number of hydrogen-bond donors (Lipinski definition) is 0. The van der Waals surface area contributed by atoms with E-state index in [1.165, 1.54) is 0 Å². The number of nitrogens with zero attached hydrogens (tertiary/aromatic N) is 3. The number of methoxy groups -OCH3 is 1. The van der Waals surface area contributed by atoms with Crippen LogP contribution >= 0.6 is 0 Å². The van der Waals surface area contributed by atoms with Crippen LogP contribution in [-0.2, 0) is 18.9 Å². The van der Waals surface area contributed by atoms with Crippen LogP contribution in [0, 0.1) is 6.92 Å². The Kier molecular flexibility index (Phi) is 3.02. The lowest BCUT2D eigenvalue weighted by molar-refractivity contribution is -0.237. The number of hydrogen-bond acceptors (Lipinski definition) is 6. The summed E-state index contributed by atoms with van der Waals surface area (Å²) in [4.78, 5) is 8.60. The lowest BCUT2D eigenvalue weighted by Gasteiger charge is -2.24. The van der Waals surface area contributed by atoms with E-state index in [9.17, 15) is 0 Å². The molecule has 4 atom stereocenters. The highest BCUT2D eigenvalue weighted by atomic mass is 16.8. The van der Waals surface area contributed by atoms with Crippen LogP contribution in [0.2, 0.25) is 0 Å².